The highest BCUT2D eigenvalue weighted by atomic mass is 16.5. The van der Waals surface area contributed by atoms with Gasteiger partial charge >= 0.3 is 0 Å². The van der Waals surface area contributed by atoms with E-state index in [2.05, 4.69) is 80.5 Å². The van der Waals surface area contributed by atoms with Crippen molar-refractivity contribution in [3.63, 3.8) is 0 Å². The van der Waals surface area contributed by atoms with E-state index in [0.29, 0.717) is 11.8 Å². The molecule has 42 heavy (non-hydrogen) atoms. The molecule has 3 heterocycles. The van der Waals surface area contributed by atoms with Gasteiger partial charge in [0.05, 0.1) is 36.6 Å². The molecule has 0 aromatic rings. The van der Waals surface area contributed by atoms with E-state index in [0.717, 1.165) is 56.3 Å². The topological polar surface area (TPSA) is 27.7 Å². The fraction of sp³-hybridized carbons (Fsp3) is 0.846. The van der Waals surface area contributed by atoms with Crippen LogP contribution in [0.4, 0.5) is 0 Å². The Morgan fingerprint density at radius 1 is 0.595 bits per heavy atom. The number of hydrogen-bond acceptors (Lipinski definition) is 3. The first kappa shape index (κ1) is 34.0. The Morgan fingerprint density at radius 3 is 1.76 bits per heavy atom. The second kappa shape index (κ2) is 14.5. The van der Waals surface area contributed by atoms with Crippen molar-refractivity contribution in [3.05, 3.63) is 34.9 Å². The largest absolute Gasteiger partial charge is 0.374 e. The summed E-state index contributed by atoms with van der Waals surface area (Å²) in [5, 5.41) is 0. The monoisotopic (exact) mass is 583 g/mol. The molecule has 0 radical (unpaired) electrons. The lowest BCUT2D eigenvalue weighted by atomic mass is 9.71. The summed E-state index contributed by atoms with van der Waals surface area (Å²) in [6.45, 7) is 23.4. The van der Waals surface area contributed by atoms with Gasteiger partial charge < -0.3 is 14.2 Å². The molecule has 0 N–H and O–H groups in total. The molecular weight excluding hydrogens is 516 g/mol. The minimum atomic E-state index is 0.173. The molecule has 3 saturated heterocycles. The molecule has 0 bridgehead atoms. The standard InChI is InChI=1S/3C13H22O/c2*1-4-13(5-2)12-7-6-10(3)8-11(12)9-14-13;1-4-13(5-2)12-8-10(3)6-7-11(12)9-14-13/h8,11-12H,4-7,9H2,1-3H3;6,11-12H,4-5,7-9H2,1-3H3;8,11-12H,4-7,9H2,1-3H3. The third-order valence-corrected chi connectivity index (χ3v) is 12.9. The van der Waals surface area contributed by atoms with Crippen LogP contribution in [0.3, 0.4) is 0 Å². The van der Waals surface area contributed by atoms with Crippen molar-refractivity contribution in [2.45, 2.75) is 156 Å². The van der Waals surface area contributed by atoms with Gasteiger partial charge in [-0.3, -0.25) is 0 Å². The Hall–Kier alpha value is -0.900. The molecule has 0 amide bonds. The van der Waals surface area contributed by atoms with Crippen molar-refractivity contribution in [1.82, 2.24) is 0 Å². The lowest BCUT2D eigenvalue weighted by molar-refractivity contribution is -0.0298. The predicted octanol–water partition coefficient (Wildman–Crippen LogP) is 10.6. The maximum Gasteiger partial charge on any atom is 0.0743 e. The molecule has 6 aliphatic rings. The number of allylic oxidation sites excluding steroid dienone is 4. The zero-order chi connectivity index (χ0) is 30.5. The van der Waals surface area contributed by atoms with E-state index >= 15 is 0 Å². The summed E-state index contributed by atoms with van der Waals surface area (Å²) in [6, 6.07) is 0. The summed E-state index contributed by atoms with van der Waals surface area (Å²) in [4.78, 5) is 0. The van der Waals surface area contributed by atoms with Crippen LogP contribution >= 0.6 is 0 Å². The molecule has 0 saturated carbocycles. The molecule has 3 aliphatic heterocycles. The van der Waals surface area contributed by atoms with Crippen LogP contribution in [0.15, 0.2) is 34.9 Å². The van der Waals surface area contributed by atoms with E-state index in [-0.39, 0.29) is 16.8 Å². The van der Waals surface area contributed by atoms with Crippen molar-refractivity contribution in [2.24, 2.45) is 35.5 Å². The second-order valence-electron chi connectivity index (χ2n) is 14.8. The molecular formula is C39H66O3. The van der Waals surface area contributed by atoms with E-state index in [4.69, 9.17) is 14.2 Å². The van der Waals surface area contributed by atoms with E-state index in [1.54, 1.807) is 16.7 Å². The number of rotatable bonds is 6. The average molecular weight is 583 g/mol. The summed E-state index contributed by atoms with van der Waals surface area (Å²) in [5.41, 5.74) is 5.30. The lowest BCUT2D eigenvalue weighted by Gasteiger charge is -2.35. The van der Waals surface area contributed by atoms with Crippen LogP contribution in [-0.2, 0) is 14.2 Å². The third kappa shape index (κ3) is 6.69. The van der Waals surface area contributed by atoms with Gasteiger partial charge in [0.1, 0.15) is 0 Å². The SMILES string of the molecule is CCC1(CC)OCC2C=C(C)CCC21.CCC1(CC)OCC2CC(C)=CCC21.CCC1(CC)OCC2CCC(C)=CC21. The van der Waals surface area contributed by atoms with Gasteiger partial charge in [-0.15, -0.1) is 0 Å². The zero-order valence-electron chi connectivity index (χ0n) is 29.0. The maximum absolute atomic E-state index is 6.10. The molecule has 6 rings (SSSR count). The van der Waals surface area contributed by atoms with E-state index in [1.165, 1.54) is 64.2 Å². The highest BCUT2D eigenvalue weighted by Gasteiger charge is 2.49. The molecule has 0 spiro atoms. The van der Waals surface area contributed by atoms with E-state index < -0.39 is 0 Å². The first-order valence-corrected chi connectivity index (χ1v) is 18.1. The Balaban J connectivity index is 0.000000145. The maximum atomic E-state index is 6.10. The summed E-state index contributed by atoms with van der Waals surface area (Å²) in [6.07, 6.45) is 22.2. The van der Waals surface area contributed by atoms with Crippen LogP contribution < -0.4 is 0 Å². The number of ether oxygens (including phenoxy) is 3. The highest BCUT2D eigenvalue weighted by molar-refractivity contribution is 5.15. The molecule has 3 aliphatic carbocycles. The van der Waals surface area contributed by atoms with Crippen molar-refractivity contribution in [2.75, 3.05) is 19.8 Å². The smallest absolute Gasteiger partial charge is 0.0743 e. The molecule has 0 aromatic heterocycles. The Kier molecular flexibility index (Phi) is 11.7. The van der Waals surface area contributed by atoms with Gasteiger partial charge in [-0.05, 0) is 121 Å². The zero-order valence-corrected chi connectivity index (χ0v) is 29.0. The van der Waals surface area contributed by atoms with Gasteiger partial charge in [-0.2, -0.15) is 0 Å². The van der Waals surface area contributed by atoms with Gasteiger partial charge in [0.2, 0.25) is 0 Å². The molecule has 3 nitrogen and oxygen atoms in total. The van der Waals surface area contributed by atoms with Crippen LogP contribution in [0.5, 0.6) is 0 Å². The number of hydrogen-bond donors (Lipinski definition) is 0. The van der Waals surface area contributed by atoms with Crippen molar-refractivity contribution < 1.29 is 14.2 Å². The van der Waals surface area contributed by atoms with Gasteiger partial charge in [-0.25, -0.2) is 0 Å². The molecule has 0 aromatic carbocycles. The van der Waals surface area contributed by atoms with Crippen molar-refractivity contribution >= 4 is 0 Å². The van der Waals surface area contributed by atoms with Gasteiger partial charge in [0, 0.05) is 11.8 Å². The van der Waals surface area contributed by atoms with Crippen LogP contribution in [0.2, 0.25) is 0 Å². The van der Waals surface area contributed by atoms with E-state index in [9.17, 15) is 0 Å². The summed E-state index contributed by atoms with van der Waals surface area (Å²) in [5.74, 6) is 4.61. The van der Waals surface area contributed by atoms with Crippen molar-refractivity contribution in [1.29, 1.82) is 0 Å². The normalized spacial score (nSPS) is 35.2. The minimum absolute atomic E-state index is 0.173. The van der Waals surface area contributed by atoms with Crippen LogP contribution in [0.1, 0.15) is 139 Å². The Labute approximate surface area is 260 Å². The van der Waals surface area contributed by atoms with E-state index in [1.807, 2.05) is 0 Å². The molecule has 3 fully saturated rings. The van der Waals surface area contributed by atoms with Crippen LogP contribution in [-0.4, -0.2) is 36.6 Å². The first-order valence-electron chi connectivity index (χ1n) is 18.1. The summed E-state index contributed by atoms with van der Waals surface area (Å²) >= 11 is 0. The summed E-state index contributed by atoms with van der Waals surface area (Å²) in [7, 11) is 0. The molecule has 6 atom stereocenters. The molecule has 240 valence electrons. The average Bonchev–Trinajstić information content (AvgIpc) is 3.69. The number of fused-ring (bicyclic) bond motifs is 3. The fourth-order valence-corrected chi connectivity index (χ4v) is 9.85. The lowest BCUT2D eigenvalue weighted by Crippen LogP contribution is -2.36. The van der Waals surface area contributed by atoms with Crippen molar-refractivity contribution in [3.8, 4) is 0 Å². The minimum Gasteiger partial charge on any atom is -0.374 e. The van der Waals surface area contributed by atoms with Crippen LogP contribution in [0.25, 0.3) is 0 Å². The first-order chi connectivity index (χ1) is 20.1. The summed E-state index contributed by atoms with van der Waals surface area (Å²) < 4.78 is 18.3. The second-order valence-corrected chi connectivity index (χ2v) is 14.8. The highest BCUT2D eigenvalue weighted by Crippen LogP contribution is 2.49. The Bertz CT molecular complexity index is 950. The van der Waals surface area contributed by atoms with Gasteiger partial charge in [-0.1, -0.05) is 76.5 Å². The van der Waals surface area contributed by atoms with Gasteiger partial charge in [0.25, 0.3) is 0 Å². The third-order valence-electron chi connectivity index (χ3n) is 12.9. The van der Waals surface area contributed by atoms with Gasteiger partial charge in [0.15, 0.2) is 0 Å². The van der Waals surface area contributed by atoms with Crippen LogP contribution in [0, 0.1) is 35.5 Å². The Morgan fingerprint density at radius 2 is 1.12 bits per heavy atom. The predicted molar refractivity (Wildman–Crippen MR) is 178 cm³/mol. The quantitative estimate of drug-likeness (QED) is 0.292. The molecule has 3 heteroatoms. The molecule has 6 unspecified atom stereocenters. The fourth-order valence-electron chi connectivity index (χ4n) is 9.85.